The molecule has 2 heterocycles. The first-order valence-corrected chi connectivity index (χ1v) is 4.55. The minimum Gasteiger partial charge on any atom is -0.320 e. The Labute approximate surface area is 93.0 Å². The summed E-state index contributed by atoms with van der Waals surface area (Å²) in [6, 6.07) is 0. The third-order valence-corrected chi connectivity index (χ3v) is 2.27. The Morgan fingerprint density at radius 2 is 2.19 bits per heavy atom. The highest BCUT2D eigenvalue weighted by atomic mass is 35.5. The molecule has 1 amide bonds. The molecule has 0 saturated carbocycles. The van der Waals surface area contributed by atoms with Crippen LogP contribution >= 0.6 is 11.6 Å². The van der Waals surface area contributed by atoms with Crippen molar-refractivity contribution in [3.05, 3.63) is 22.9 Å². The van der Waals surface area contributed by atoms with Gasteiger partial charge in [-0.3, -0.25) is 4.79 Å². The molecular weight excluding hydrogens is 247 g/mol. The fraction of sp³-hybridized carbons (Fsp3) is 0.250. The number of nitrogens with one attached hydrogen (secondary N) is 1. The predicted octanol–water partition coefficient (Wildman–Crippen LogP) is 1.31. The zero-order chi connectivity index (χ0) is 11.9. The Balaban J connectivity index is 2.40. The first-order chi connectivity index (χ1) is 7.38. The molecule has 0 bridgehead atoms. The van der Waals surface area contributed by atoms with Gasteiger partial charge in [0.1, 0.15) is 6.54 Å². The normalized spacial score (nSPS) is 20.6. The van der Waals surface area contributed by atoms with Crippen molar-refractivity contribution in [2.24, 2.45) is 5.10 Å². The molecule has 86 valence electrons. The van der Waals surface area contributed by atoms with Crippen molar-refractivity contribution < 1.29 is 18.0 Å². The van der Waals surface area contributed by atoms with Gasteiger partial charge in [0.2, 0.25) is 0 Å². The van der Waals surface area contributed by atoms with E-state index >= 15 is 0 Å². The van der Waals surface area contributed by atoms with Crippen LogP contribution in [0.1, 0.15) is 0 Å². The van der Waals surface area contributed by atoms with Crippen LogP contribution in [0, 0.1) is 0 Å². The Kier molecular flexibility index (Phi) is 2.42. The molecule has 2 rings (SSSR count). The summed E-state index contributed by atoms with van der Waals surface area (Å²) >= 11 is 5.64. The molecule has 0 aliphatic carbocycles. The molecule has 4 nitrogen and oxygen atoms in total. The fourth-order valence-electron chi connectivity index (χ4n) is 1.30. The fourth-order valence-corrected chi connectivity index (χ4v) is 1.57. The molecule has 0 aromatic carbocycles. The second-order valence-electron chi connectivity index (χ2n) is 3.17. The van der Waals surface area contributed by atoms with E-state index in [1.165, 1.54) is 0 Å². The van der Waals surface area contributed by atoms with E-state index in [0.717, 1.165) is 17.2 Å². The second-order valence-corrected chi connectivity index (χ2v) is 3.58. The maximum atomic E-state index is 12.4. The Morgan fingerprint density at radius 1 is 1.50 bits per heavy atom. The first kappa shape index (κ1) is 11.0. The number of amides is 1. The third-order valence-electron chi connectivity index (χ3n) is 1.99. The number of carbonyl (C=O) groups is 1. The quantitative estimate of drug-likeness (QED) is 0.706. The lowest BCUT2D eigenvalue weighted by Crippen LogP contribution is -2.44. The highest BCUT2D eigenvalue weighted by molar-refractivity contribution is 6.43. The Morgan fingerprint density at radius 3 is 2.81 bits per heavy atom. The van der Waals surface area contributed by atoms with Crippen LogP contribution in [0.2, 0.25) is 0 Å². The van der Waals surface area contributed by atoms with Crippen molar-refractivity contribution >= 4 is 23.3 Å². The van der Waals surface area contributed by atoms with Gasteiger partial charge in [0.15, 0.2) is 5.84 Å². The average Bonchev–Trinajstić information content (AvgIpc) is 2.15. The van der Waals surface area contributed by atoms with Crippen molar-refractivity contribution in [2.45, 2.75) is 6.18 Å². The minimum atomic E-state index is -4.50. The number of allylic oxidation sites excluding steroid dienone is 2. The summed E-state index contributed by atoms with van der Waals surface area (Å²) in [6.45, 7) is -0.234. The lowest BCUT2D eigenvalue weighted by Gasteiger charge is -2.29. The number of alkyl halides is 3. The molecule has 0 aromatic rings. The second kappa shape index (κ2) is 3.51. The number of halogens is 4. The number of hydrazone groups is 1. The van der Waals surface area contributed by atoms with Gasteiger partial charge >= 0.3 is 6.18 Å². The molecule has 2 aliphatic rings. The lowest BCUT2D eigenvalue weighted by atomic mass is 10.2. The van der Waals surface area contributed by atoms with Crippen molar-refractivity contribution in [2.75, 3.05) is 6.54 Å². The lowest BCUT2D eigenvalue weighted by molar-refractivity contribution is -0.121. The summed E-state index contributed by atoms with van der Waals surface area (Å²) in [6.07, 6.45) is -2.92. The van der Waals surface area contributed by atoms with Crippen LogP contribution in [0.3, 0.4) is 0 Å². The predicted molar refractivity (Wildman–Crippen MR) is 50.4 cm³/mol. The molecule has 0 aromatic heterocycles. The zero-order valence-electron chi connectivity index (χ0n) is 7.68. The van der Waals surface area contributed by atoms with Crippen LogP contribution in [-0.2, 0) is 4.79 Å². The number of carbonyl (C=O) groups excluding carboxylic acids is 1. The summed E-state index contributed by atoms with van der Waals surface area (Å²) in [5, 5.41) is 3.40. The summed E-state index contributed by atoms with van der Waals surface area (Å²) < 4.78 is 37.3. The van der Waals surface area contributed by atoms with Gasteiger partial charge in [-0.05, 0) is 6.08 Å². The standard InChI is InChI=1S/C8H5ClF3N3O/c9-5-1-4(8(10,11)12)2-15-3-6(16)13-14-7(5)15/h1-2H,3H2,(H,13,16). The number of amidine groups is 1. The average molecular weight is 252 g/mol. The van der Waals surface area contributed by atoms with Crippen LogP contribution in [0.25, 0.3) is 0 Å². The largest absolute Gasteiger partial charge is 0.417 e. The number of hydrogen-bond acceptors (Lipinski definition) is 3. The van der Waals surface area contributed by atoms with Gasteiger partial charge in [0.25, 0.3) is 5.91 Å². The van der Waals surface area contributed by atoms with E-state index in [1.54, 1.807) is 0 Å². The van der Waals surface area contributed by atoms with Crippen LogP contribution in [0.15, 0.2) is 28.0 Å². The Hall–Kier alpha value is -1.50. The molecule has 0 fully saturated rings. The van der Waals surface area contributed by atoms with Gasteiger partial charge in [-0.2, -0.15) is 18.3 Å². The molecule has 0 saturated heterocycles. The third kappa shape index (κ3) is 1.90. The van der Waals surface area contributed by atoms with Crippen LogP contribution < -0.4 is 5.43 Å². The van der Waals surface area contributed by atoms with Crippen LogP contribution in [-0.4, -0.2) is 29.4 Å². The molecule has 1 N–H and O–H groups in total. The maximum Gasteiger partial charge on any atom is 0.417 e. The summed E-state index contributed by atoms with van der Waals surface area (Å²) in [5.41, 5.74) is 1.23. The summed E-state index contributed by atoms with van der Waals surface area (Å²) in [5.74, 6) is -0.387. The van der Waals surface area contributed by atoms with E-state index < -0.39 is 17.7 Å². The van der Waals surface area contributed by atoms with Crippen LogP contribution in [0.4, 0.5) is 13.2 Å². The van der Waals surface area contributed by atoms with E-state index in [1.807, 2.05) is 0 Å². The smallest absolute Gasteiger partial charge is 0.320 e. The number of hydrogen-bond donors (Lipinski definition) is 1. The minimum absolute atomic E-state index is 0.106. The van der Waals surface area contributed by atoms with E-state index in [9.17, 15) is 18.0 Å². The Bertz CT molecular complexity index is 438. The monoisotopic (exact) mass is 251 g/mol. The highest BCUT2D eigenvalue weighted by Gasteiger charge is 2.37. The molecule has 0 radical (unpaired) electrons. The summed E-state index contributed by atoms with van der Waals surface area (Å²) in [4.78, 5) is 12.0. The zero-order valence-corrected chi connectivity index (χ0v) is 8.43. The summed E-state index contributed by atoms with van der Waals surface area (Å²) in [7, 11) is 0. The number of nitrogens with zero attached hydrogens (tertiary/aromatic N) is 2. The molecule has 16 heavy (non-hydrogen) atoms. The van der Waals surface area contributed by atoms with E-state index in [0.29, 0.717) is 0 Å². The molecule has 8 heteroatoms. The van der Waals surface area contributed by atoms with E-state index in [2.05, 4.69) is 10.5 Å². The maximum absolute atomic E-state index is 12.4. The van der Waals surface area contributed by atoms with Gasteiger partial charge in [0.05, 0.1) is 10.6 Å². The first-order valence-electron chi connectivity index (χ1n) is 4.17. The van der Waals surface area contributed by atoms with E-state index in [4.69, 9.17) is 11.6 Å². The van der Waals surface area contributed by atoms with Gasteiger partial charge < -0.3 is 4.90 Å². The number of rotatable bonds is 0. The molecule has 0 spiro atoms. The van der Waals surface area contributed by atoms with Crippen molar-refractivity contribution in [1.82, 2.24) is 10.3 Å². The van der Waals surface area contributed by atoms with Gasteiger partial charge in [-0.15, -0.1) is 0 Å². The SMILES string of the molecule is O=C1CN2C=C(C(F)(F)F)C=C(Cl)C2=NN1. The molecule has 0 unspecified atom stereocenters. The van der Waals surface area contributed by atoms with Gasteiger partial charge in [0, 0.05) is 6.20 Å². The van der Waals surface area contributed by atoms with Crippen LogP contribution in [0.5, 0.6) is 0 Å². The van der Waals surface area contributed by atoms with Gasteiger partial charge in [-0.1, -0.05) is 11.6 Å². The number of fused-ring (bicyclic) bond motifs is 1. The highest BCUT2D eigenvalue weighted by Crippen LogP contribution is 2.32. The topological polar surface area (TPSA) is 44.7 Å². The van der Waals surface area contributed by atoms with Crippen molar-refractivity contribution in [1.29, 1.82) is 0 Å². The van der Waals surface area contributed by atoms with Crippen molar-refractivity contribution in [3.63, 3.8) is 0 Å². The molecular formula is C8H5ClF3N3O. The van der Waals surface area contributed by atoms with E-state index in [-0.39, 0.29) is 17.4 Å². The van der Waals surface area contributed by atoms with Gasteiger partial charge in [-0.25, -0.2) is 5.43 Å². The van der Waals surface area contributed by atoms with Crippen molar-refractivity contribution in [3.8, 4) is 0 Å². The molecule has 2 aliphatic heterocycles. The molecule has 0 atom stereocenters.